The molecule has 2 aromatic rings. The molecule has 1 N–H and O–H groups in total. The normalized spacial score (nSPS) is 11.9. The van der Waals surface area contributed by atoms with Crippen LogP contribution in [0.4, 0.5) is 0 Å². The summed E-state index contributed by atoms with van der Waals surface area (Å²) < 4.78 is 5.61. The summed E-state index contributed by atoms with van der Waals surface area (Å²) in [4.78, 5) is 11.3. The molecule has 0 fully saturated rings. The van der Waals surface area contributed by atoms with E-state index in [2.05, 4.69) is 0 Å². The van der Waals surface area contributed by atoms with E-state index in [1.807, 2.05) is 31.2 Å². The van der Waals surface area contributed by atoms with Gasteiger partial charge in [0, 0.05) is 11.4 Å². The third-order valence-electron chi connectivity index (χ3n) is 2.95. The van der Waals surface area contributed by atoms with Gasteiger partial charge in [-0.2, -0.15) is 0 Å². The van der Waals surface area contributed by atoms with Crippen LogP contribution in [0.3, 0.4) is 0 Å². The summed E-state index contributed by atoms with van der Waals surface area (Å²) in [6.45, 7) is 1.88. The molecular weight excluding hydrogens is 276 g/mol. The molecule has 0 aromatic heterocycles. The number of carbonyl (C=O) groups is 1. The van der Waals surface area contributed by atoms with Crippen LogP contribution in [-0.4, -0.2) is 17.2 Å². The van der Waals surface area contributed by atoms with Crippen molar-refractivity contribution in [1.29, 1.82) is 0 Å². The van der Waals surface area contributed by atoms with Crippen molar-refractivity contribution in [3.8, 4) is 5.75 Å². The van der Waals surface area contributed by atoms with Crippen molar-refractivity contribution in [2.75, 3.05) is 0 Å². The van der Waals surface area contributed by atoms with Crippen LogP contribution in [0.1, 0.15) is 11.1 Å². The van der Waals surface area contributed by atoms with E-state index < -0.39 is 12.1 Å². The summed E-state index contributed by atoms with van der Waals surface area (Å²) in [6, 6.07) is 14.5. The zero-order valence-corrected chi connectivity index (χ0v) is 11.8. The van der Waals surface area contributed by atoms with Crippen LogP contribution in [0.15, 0.2) is 48.5 Å². The molecule has 0 saturated carbocycles. The predicted octanol–water partition coefficient (Wildman–Crippen LogP) is 3.72. The van der Waals surface area contributed by atoms with E-state index in [1.165, 1.54) is 0 Å². The van der Waals surface area contributed by atoms with Crippen molar-refractivity contribution < 1.29 is 14.6 Å². The van der Waals surface area contributed by atoms with Crippen molar-refractivity contribution >= 4 is 17.6 Å². The fourth-order valence-corrected chi connectivity index (χ4v) is 2.11. The van der Waals surface area contributed by atoms with E-state index in [9.17, 15) is 9.90 Å². The van der Waals surface area contributed by atoms with Gasteiger partial charge >= 0.3 is 5.97 Å². The lowest BCUT2D eigenvalue weighted by atomic mass is 10.1. The van der Waals surface area contributed by atoms with Gasteiger partial charge in [-0.3, -0.25) is 0 Å². The Labute approximate surface area is 122 Å². The van der Waals surface area contributed by atoms with E-state index in [1.54, 1.807) is 24.3 Å². The first kappa shape index (κ1) is 14.4. The number of hydrogen-bond acceptors (Lipinski definition) is 2. The quantitative estimate of drug-likeness (QED) is 0.913. The smallest absolute Gasteiger partial charge is 0.345 e. The maximum Gasteiger partial charge on any atom is 0.345 e. The van der Waals surface area contributed by atoms with Crippen molar-refractivity contribution in [1.82, 2.24) is 0 Å². The number of carboxylic acids is 1. The number of hydrogen-bond donors (Lipinski definition) is 1. The number of benzene rings is 2. The first-order valence-corrected chi connectivity index (χ1v) is 6.63. The first-order chi connectivity index (χ1) is 9.56. The fraction of sp³-hybridized carbons (Fsp3) is 0.188. The predicted molar refractivity (Wildman–Crippen MR) is 78.4 cm³/mol. The third-order valence-corrected chi connectivity index (χ3v) is 3.18. The summed E-state index contributed by atoms with van der Waals surface area (Å²) in [6.07, 6.45) is -0.668. The van der Waals surface area contributed by atoms with Crippen LogP contribution in [0.25, 0.3) is 0 Å². The van der Waals surface area contributed by atoms with Gasteiger partial charge in [-0.25, -0.2) is 4.79 Å². The van der Waals surface area contributed by atoms with Crippen LogP contribution in [-0.2, 0) is 11.2 Å². The van der Waals surface area contributed by atoms with Gasteiger partial charge in [0.05, 0.1) is 0 Å². The van der Waals surface area contributed by atoms with Crippen molar-refractivity contribution in [2.24, 2.45) is 0 Å². The Hall–Kier alpha value is -2.00. The third kappa shape index (κ3) is 3.75. The molecule has 0 heterocycles. The molecule has 104 valence electrons. The molecule has 0 aliphatic carbocycles. The zero-order chi connectivity index (χ0) is 14.5. The second-order valence-corrected chi connectivity index (χ2v) is 4.98. The van der Waals surface area contributed by atoms with Crippen molar-refractivity contribution in [3.63, 3.8) is 0 Å². The van der Waals surface area contributed by atoms with Gasteiger partial charge in [0.1, 0.15) is 5.75 Å². The maximum absolute atomic E-state index is 11.3. The SMILES string of the molecule is Cc1ccccc1O[C@H](Cc1cccc(Cl)c1)C(=O)O. The van der Waals surface area contributed by atoms with Gasteiger partial charge < -0.3 is 9.84 Å². The Balaban J connectivity index is 2.16. The highest BCUT2D eigenvalue weighted by Gasteiger charge is 2.20. The summed E-state index contributed by atoms with van der Waals surface area (Å²) in [5.41, 5.74) is 1.74. The lowest BCUT2D eigenvalue weighted by Gasteiger charge is -2.16. The minimum Gasteiger partial charge on any atom is -0.478 e. The Bertz CT molecular complexity index is 610. The van der Waals surface area contributed by atoms with E-state index in [0.29, 0.717) is 10.8 Å². The Morgan fingerprint density at radius 3 is 2.65 bits per heavy atom. The molecule has 2 aromatic carbocycles. The van der Waals surface area contributed by atoms with E-state index in [-0.39, 0.29) is 6.42 Å². The van der Waals surface area contributed by atoms with E-state index in [4.69, 9.17) is 16.3 Å². The maximum atomic E-state index is 11.3. The number of ether oxygens (including phenoxy) is 1. The van der Waals surface area contributed by atoms with Crippen LogP contribution < -0.4 is 4.74 Å². The Morgan fingerprint density at radius 2 is 2.00 bits per heavy atom. The molecular formula is C16H15ClO3. The van der Waals surface area contributed by atoms with Crippen LogP contribution >= 0.6 is 11.6 Å². The molecule has 4 heteroatoms. The van der Waals surface area contributed by atoms with E-state index in [0.717, 1.165) is 11.1 Å². The minimum atomic E-state index is -0.992. The van der Waals surface area contributed by atoms with Crippen molar-refractivity contribution in [2.45, 2.75) is 19.4 Å². The highest BCUT2D eigenvalue weighted by atomic mass is 35.5. The lowest BCUT2D eigenvalue weighted by Crippen LogP contribution is -2.29. The number of halogens is 1. The molecule has 0 aliphatic heterocycles. The van der Waals surface area contributed by atoms with Gasteiger partial charge in [0.2, 0.25) is 0 Å². The Kier molecular flexibility index (Phi) is 4.64. The number of aryl methyl sites for hydroxylation is 1. The zero-order valence-electron chi connectivity index (χ0n) is 11.0. The molecule has 0 aliphatic rings. The second kappa shape index (κ2) is 6.44. The molecule has 2 rings (SSSR count). The number of para-hydroxylation sites is 1. The summed E-state index contributed by atoms with van der Waals surface area (Å²) >= 11 is 5.91. The molecule has 0 amide bonds. The Morgan fingerprint density at radius 1 is 1.25 bits per heavy atom. The summed E-state index contributed by atoms with van der Waals surface area (Å²) in [5.74, 6) is -0.407. The van der Waals surface area contributed by atoms with Crippen molar-refractivity contribution in [3.05, 3.63) is 64.7 Å². The lowest BCUT2D eigenvalue weighted by molar-refractivity contribution is -0.145. The molecule has 0 saturated heterocycles. The van der Waals surface area contributed by atoms with Gasteiger partial charge in [-0.15, -0.1) is 0 Å². The van der Waals surface area contributed by atoms with Gasteiger partial charge in [0.15, 0.2) is 6.10 Å². The van der Waals surface area contributed by atoms with Gasteiger partial charge in [0.25, 0.3) is 0 Å². The summed E-state index contributed by atoms with van der Waals surface area (Å²) in [7, 11) is 0. The highest BCUT2D eigenvalue weighted by Crippen LogP contribution is 2.20. The van der Waals surface area contributed by atoms with Crippen LogP contribution in [0, 0.1) is 6.92 Å². The van der Waals surface area contributed by atoms with Gasteiger partial charge in [-0.05, 0) is 36.2 Å². The standard InChI is InChI=1S/C16H15ClO3/c1-11-5-2-3-8-14(11)20-15(16(18)19)10-12-6-4-7-13(17)9-12/h2-9,15H,10H2,1H3,(H,18,19)/t15-/m1/s1. The first-order valence-electron chi connectivity index (χ1n) is 6.26. The van der Waals surface area contributed by atoms with Crippen LogP contribution in [0.5, 0.6) is 5.75 Å². The second-order valence-electron chi connectivity index (χ2n) is 4.54. The molecule has 20 heavy (non-hydrogen) atoms. The average Bonchev–Trinajstić information content (AvgIpc) is 2.40. The fourth-order valence-electron chi connectivity index (χ4n) is 1.90. The average molecular weight is 291 g/mol. The number of carboxylic acid groups (broad SMARTS) is 1. The van der Waals surface area contributed by atoms with Gasteiger partial charge in [-0.1, -0.05) is 41.9 Å². The topological polar surface area (TPSA) is 46.5 Å². The summed E-state index contributed by atoms with van der Waals surface area (Å²) in [5, 5.41) is 9.88. The molecule has 3 nitrogen and oxygen atoms in total. The number of aliphatic carboxylic acids is 1. The largest absolute Gasteiger partial charge is 0.478 e. The monoisotopic (exact) mass is 290 g/mol. The van der Waals surface area contributed by atoms with E-state index >= 15 is 0 Å². The highest BCUT2D eigenvalue weighted by molar-refractivity contribution is 6.30. The molecule has 1 atom stereocenters. The molecule has 0 radical (unpaired) electrons. The molecule has 0 unspecified atom stereocenters. The minimum absolute atomic E-state index is 0.268. The molecule has 0 spiro atoms. The van der Waals surface area contributed by atoms with Crippen LogP contribution in [0.2, 0.25) is 5.02 Å². The molecule has 0 bridgehead atoms. The number of rotatable bonds is 5.